The van der Waals surface area contributed by atoms with E-state index < -0.39 is 0 Å². The lowest BCUT2D eigenvalue weighted by Crippen LogP contribution is -2.02. The minimum atomic E-state index is 0.420. The maximum absolute atomic E-state index is 10.8. The fourth-order valence-electron chi connectivity index (χ4n) is 1.70. The summed E-state index contributed by atoms with van der Waals surface area (Å²) in [6.45, 7) is 4.00. The van der Waals surface area contributed by atoms with E-state index in [1.165, 1.54) is 0 Å². The molecule has 2 rings (SSSR count). The number of aldehydes is 1. The van der Waals surface area contributed by atoms with Gasteiger partial charge in [-0.05, 0) is 31.0 Å². The van der Waals surface area contributed by atoms with Crippen LogP contribution in [0, 0.1) is 6.92 Å². The highest BCUT2D eigenvalue weighted by Gasteiger charge is 2.11. The second kappa shape index (κ2) is 4.26. The monoisotopic (exact) mass is 215 g/mol. The van der Waals surface area contributed by atoms with E-state index in [-0.39, 0.29) is 0 Å². The van der Waals surface area contributed by atoms with Crippen LogP contribution in [-0.2, 0) is 6.42 Å². The van der Waals surface area contributed by atoms with Gasteiger partial charge in [-0.3, -0.25) is 4.79 Å². The van der Waals surface area contributed by atoms with Crippen molar-refractivity contribution in [3.8, 4) is 5.69 Å². The SMILES string of the molecule is CCc1c(C=O)nnn1-c1cccc(C)c1. The third kappa shape index (κ3) is 1.74. The van der Waals surface area contributed by atoms with E-state index in [9.17, 15) is 4.79 Å². The average Bonchev–Trinajstić information content (AvgIpc) is 2.71. The number of hydrogen-bond acceptors (Lipinski definition) is 3. The predicted octanol–water partition coefficient (Wildman–Crippen LogP) is 1.95. The summed E-state index contributed by atoms with van der Waals surface area (Å²) in [5.74, 6) is 0. The van der Waals surface area contributed by atoms with Crippen molar-refractivity contribution in [1.82, 2.24) is 15.0 Å². The Morgan fingerprint density at radius 3 is 2.88 bits per heavy atom. The smallest absolute Gasteiger partial charge is 0.172 e. The fourth-order valence-corrected chi connectivity index (χ4v) is 1.70. The van der Waals surface area contributed by atoms with Gasteiger partial charge in [0.25, 0.3) is 0 Å². The van der Waals surface area contributed by atoms with Gasteiger partial charge in [0.2, 0.25) is 0 Å². The molecule has 4 nitrogen and oxygen atoms in total. The Hall–Kier alpha value is -1.97. The van der Waals surface area contributed by atoms with Gasteiger partial charge in [-0.15, -0.1) is 5.10 Å². The maximum atomic E-state index is 10.8. The quantitative estimate of drug-likeness (QED) is 0.735. The number of hydrogen-bond donors (Lipinski definition) is 0. The van der Waals surface area contributed by atoms with Crippen molar-refractivity contribution < 1.29 is 4.79 Å². The molecule has 0 aliphatic rings. The molecule has 0 aliphatic carbocycles. The Balaban J connectivity index is 2.55. The second-order valence-electron chi connectivity index (χ2n) is 3.64. The molecule has 0 amide bonds. The van der Waals surface area contributed by atoms with Crippen molar-refractivity contribution in [3.63, 3.8) is 0 Å². The van der Waals surface area contributed by atoms with Gasteiger partial charge in [0.15, 0.2) is 6.29 Å². The lowest BCUT2D eigenvalue weighted by Gasteiger charge is -2.05. The standard InChI is InChI=1S/C12H13N3O/c1-3-12-11(8-16)13-14-15(12)10-6-4-5-9(2)7-10/h4-8H,3H2,1-2H3. The number of rotatable bonds is 3. The summed E-state index contributed by atoms with van der Waals surface area (Å²) in [5, 5.41) is 7.86. The highest BCUT2D eigenvalue weighted by Crippen LogP contribution is 2.13. The number of carbonyl (C=O) groups is 1. The van der Waals surface area contributed by atoms with E-state index >= 15 is 0 Å². The molecule has 82 valence electrons. The van der Waals surface area contributed by atoms with Crippen molar-refractivity contribution in [3.05, 3.63) is 41.2 Å². The summed E-state index contributed by atoms with van der Waals surface area (Å²) in [6, 6.07) is 7.96. The van der Waals surface area contributed by atoms with E-state index in [4.69, 9.17) is 0 Å². The molecule has 0 bridgehead atoms. The van der Waals surface area contributed by atoms with Gasteiger partial charge >= 0.3 is 0 Å². The highest BCUT2D eigenvalue weighted by molar-refractivity contribution is 5.73. The van der Waals surface area contributed by atoms with Crippen LogP contribution in [0.25, 0.3) is 5.69 Å². The van der Waals surface area contributed by atoms with Crippen LogP contribution in [-0.4, -0.2) is 21.3 Å². The molecular weight excluding hydrogens is 202 g/mol. The number of nitrogens with zero attached hydrogens (tertiary/aromatic N) is 3. The van der Waals surface area contributed by atoms with Crippen molar-refractivity contribution in [1.29, 1.82) is 0 Å². The lowest BCUT2D eigenvalue weighted by atomic mass is 10.2. The van der Waals surface area contributed by atoms with Gasteiger partial charge < -0.3 is 0 Å². The van der Waals surface area contributed by atoms with Crippen molar-refractivity contribution >= 4 is 6.29 Å². The zero-order valence-corrected chi connectivity index (χ0v) is 9.34. The van der Waals surface area contributed by atoms with E-state index in [0.29, 0.717) is 5.69 Å². The first-order valence-corrected chi connectivity index (χ1v) is 5.23. The molecule has 0 radical (unpaired) electrons. The molecule has 1 aromatic carbocycles. The lowest BCUT2D eigenvalue weighted by molar-refractivity contribution is 0.111. The molecule has 0 saturated heterocycles. The number of benzene rings is 1. The van der Waals surface area contributed by atoms with Crippen LogP contribution >= 0.6 is 0 Å². The zero-order chi connectivity index (χ0) is 11.5. The molecule has 0 aliphatic heterocycles. The summed E-state index contributed by atoms with van der Waals surface area (Å²) in [6.07, 6.45) is 1.48. The first kappa shape index (κ1) is 10.5. The first-order valence-electron chi connectivity index (χ1n) is 5.23. The zero-order valence-electron chi connectivity index (χ0n) is 9.34. The second-order valence-corrected chi connectivity index (χ2v) is 3.64. The molecule has 16 heavy (non-hydrogen) atoms. The van der Waals surface area contributed by atoms with E-state index in [2.05, 4.69) is 10.3 Å². The summed E-state index contributed by atoms with van der Waals surface area (Å²) in [5.41, 5.74) is 3.37. The molecule has 0 atom stereocenters. The number of carbonyl (C=O) groups excluding carboxylic acids is 1. The Bertz CT molecular complexity index is 517. The molecular formula is C12H13N3O. The summed E-state index contributed by atoms with van der Waals surface area (Å²) < 4.78 is 1.72. The highest BCUT2D eigenvalue weighted by atomic mass is 16.1. The van der Waals surface area contributed by atoms with Crippen LogP contribution in [0.5, 0.6) is 0 Å². The van der Waals surface area contributed by atoms with Crippen molar-refractivity contribution in [2.75, 3.05) is 0 Å². The minimum Gasteiger partial charge on any atom is -0.296 e. The Kier molecular flexibility index (Phi) is 2.81. The summed E-state index contributed by atoms with van der Waals surface area (Å²) in [7, 11) is 0. The molecule has 1 heterocycles. The van der Waals surface area contributed by atoms with Gasteiger partial charge in [-0.25, -0.2) is 4.68 Å². The normalized spacial score (nSPS) is 10.4. The summed E-state index contributed by atoms with van der Waals surface area (Å²) in [4.78, 5) is 10.8. The molecule has 0 saturated carbocycles. The minimum absolute atomic E-state index is 0.420. The van der Waals surface area contributed by atoms with Crippen molar-refractivity contribution in [2.45, 2.75) is 20.3 Å². The Morgan fingerprint density at radius 1 is 1.44 bits per heavy atom. The molecule has 2 aromatic rings. The number of aromatic nitrogens is 3. The Morgan fingerprint density at radius 2 is 2.25 bits per heavy atom. The molecule has 1 aromatic heterocycles. The van der Waals surface area contributed by atoms with Gasteiger partial charge in [-0.2, -0.15) is 0 Å². The van der Waals surface area contributed by atoms with Gasteiger partial charge in [0, 0.05) is 0 Å². The van der Waals surface area contributed by atoms with Crippen LogP contribution in [0.1, 0.15) is 28.7 Å². The van der Waals surface area contributed by atoms with Crippen LogP contribution in [0.15, 0.2) is 24.3 Å². The van der Waals surface area contributed by atoms with Gasteiger partial charge in [0.1, 0.15) is 5.69 Å². The van der Waals surface area contributed by atoms with Crippen LogP contribution in [0.3, 0.4) is 0 Å². The fraction of sp³-hybridized carbons (Fsp3) is 0.250. The summed E-state index contributed by atoms with van der Waals surface area (Å²) >= 11 is 0. The molecule has 0 N–H and O–H groups in total. The van der Waals surface area contributed by atoms with E-state index in [1.807, 2.05) is 38.1 Å². The van der Waals surface area contributed by atoms with E-state index in [0.717, 1.165) is 29.7 Å². The largest absolute Gasteiger partial charge is 0.296 e. The molecule has 0 unspecified atom stereocenters. The molecule has 0 fully saturated rings. The topological polar surface area (TPSA) is 47.8 Å². The first-order chi connectivity index (χ1) is 7.76. The third-order valence-electron chi connectivity index (χ3n) is 2.49. The maximum Gasteiger partial charge on any atom is 0.172 e. The van der Waals surface area contributed by atoms with E-state index in [1.54, 1.807) is 4.68 Å². The molecule has 0 spiro atoms. The van der Waals surface area contributed by atoms with Crippen molar-refractivity contribution in [2.24, 2.45) is 0 Å². The predicted molar refractivity (Wildman–Crippen MR) is 60.9 cm³/mol. The van der Waals surface area contributed by atoms with Gasteiger partial charge in [0.05, 0.1) is 11.4 Å². The van der Waals surface area contributed by atoms with Gasteiger partial charge in [-0.1, -0.05) is 24.3 Å². The third-order valence-corrected chi connectivity index (χ3v) is 2.49. The van der Waals surface area contributed by atoms with Crippen LogP contribution < -0.4 is 0 Å². The van der Waals surface area contributed by atoms with Crippen LogP contribution in [0.2, 0.25) is 0 Å². The molecule has 4 heteroatoms. The Labute approximate surface area is 93.9 Å². The average molecular weight is 215 g/mol. The van der Waals surface area contributed by atoms with Crippen LogP contribution in [0.4, 0.5) is 0 Å². The number of aryl methyl sites for hydroxylation is 1.